The molecule has 1 N–H and O–H groups in total. The van der Waals surface area contributed by atoms with Crippen LogP contribution >= 0.6 is 0 Å². The molecule has 2 rings (SSSR count). The molecule has 0 atom stereocenters. The second-order valence-corrected chi connectivity index (χ2v) is 4.39. The Morgan fingerprint density at radius 3 is 2.74 bits per heavy atom. The number of hydrogen-bond acceptors (Lipinski definition) is 3. The van der Waals surface area contributed by atoms with Gasteiger partial charge in [0.15, 0.2) is 0 Å². The number of oxazole rings is 1. The summed E-state index contributed by atoms with van der Waals surface area (Å²) in [5.41, 5.74) is 1.84. The van der Waals surface area contributed by atoms with Gasteiger partial charge in [0.1, 0.15) is 11.6 Å². The van der Waals surface area contributed by atoms with Crippen LogP contribution in [0.3, 0.4) is 0 Å². The largest absolute Gasteiger partial charge is 0.444 e. The molecule has 19 heavy (non-hydrogen) atoms. The minimum absolute atomic E-state index is 0.184. The lowest BCUT2D eigenvalue weighted by Crippen LogP contribution is -2.23. The summed E-state index contributed by atoms with van der Waals surface area (Å²) >= 11 is 0. The maximum atomic E-state index is 13.1. The molecule has 0 fully saturated rings. The highest BCUT2D eigenvalue weighted by Crippen LogP contribution is 2.11. The quantitative estimate of drug-likeness (QED) is 0.925. The highest BCUT2D eigenvalue weighted by molar-refractivity contribution is 5.95. The summed E-state index contributed by atoms with van der Waals surface area (Å²) in [4.78, 5) is 16.1. The van der Waals surface area contributed by atoms with E-state index in [0.717, 1.165) is 17.0 Å². The molecule has 0 aliphatic heterocycles. The number of nitrogens with one attached hydrogen (secondary N) is 1. The Morgan fingerprint density at radius 2 is 2.11 bits per heavy atom. The second kappa shape index (κ2) is 5.22. The predicted molar refractivity (Wildman–Crippen MR) is 68.3 cm³/mol. The molecule has 1 aromatic carbocycles. The van der Waals surface area contributed by atoms with Crippen LogP contribution in [-0.4, -0.2) is 10.9 Å². The molecule has 0 radical (unpaired) electrons. The van der Waals surface area contributed by atoms with E-state index in [0.29, 0.717) is 11.5 Å². The summed E-state index contributed by atoms with van der Waals surface area (Å²) in [6, 6.07) is 4.12. The van der Waals surface area contributed by atoms with Crippen molar-refractivity contribution in [2.75, 3.05) is 0 Å². The zero-order chi connectivity index (χ0) is 14.0. The van der Waals surface area contributed by atoms with Gasteiger partial charge in [0.05, 0.1) is 12.2 Å². The molecule has 2 aromatic rings. The van der Waals surface area contributed by atoms with Crippen molar-refractivity contribution in [2.24, 2.45) is 0 Å². The monoisotopic (exact) mass is 262 g/mol. The summed E-state index contributed by atoms with van der Waals surface area (Å²) in [6.07, 6.45) is 0. The van der Waals surface area contributed by atoms with Crippen molar-refractivity contribution in [3.63, 3.8) is 0 Å². The van der Waals surface area contributed by atoms with Crippen LogP contribution in [0.4, 0.5) is 4.39 Å². The number of hydrogen-bond donors (Lipinski definition) is 1. The average Bonchev–Trinajstić information content (AvgIpc) is 2.69. The number of carbonyl (C=O) groups is 1. The van der Waals surface area contributed by atoms with Gasteiger partial charge >= 0.3 is 0 Å². The van der Waals surface area contributed by atoms with Crippen LogP contribution in [0.25, 0.3) is 0 Å². The van der Waals surface area contributed by atoms with Crippen LogP contribution in [-0.2, 0) is 6.54 Å². The fourth-order valence-corrected chi connectivity index (χ4v) is 1.70. The Labute approximate surface area is 110 Å². The maximum absolute atomic E-state index is 13.1. The van der Waals surface area contributed by atoms with E-state index in [2.05, 4.69) is 10.3 Å². The summed E-state index contributed by atoms with van der Waals surface area (Å²) in [5.74, 6) is 0.396. The number of aryl methyl sites for hydroxylation is 3. The topological polar surface area (TPSA) is 55.1 Å². The summed E-state index contributed by atoms with van der Waals surface area (Å²) in [5, 5.41) is 2.66. The summed E-state index contributed by atoms with van der Waals surface area (Å²) in [7, 11) is 0. The van der Waals surface area contributed by atoms with E-state index in [1.54, 1.807) is 13.0 Å². The third-order valence-corrected chi connectivity index (χ3v) is 2.92. The highest BCUT2D eigenvalue weighted by atomic mass is 19.1. The lowest BCUT2D eigenvalue weighted by molar-refractivity contribution is 0.0946. The lowest BCUT2D eigenvalue weighted by Gasteiger charge is -2.06. The molecule has 0 saturated carbocycles. The normalized spacial score (nSPS) is 10.5. The fourth-order valence-electron chi connectivity index (χ4n) is 1.70. The summed E-state index contributed by atoms with van der Waals surface area (Å²) < 4.78 is 18.5. The van der Waals surface area contributed by atoms with Gasteiger partial charge in [0.2, 0.25) is 5.89 Å². The highest BCUT2D eigenvalue weighted by Gasteiger charge is 2.12. The fraction of sp³-hybridized carbons (Fsp3) is 0.286. The van der Waals surface area contributed by atoms with Crippen LogP contribution in [0.5, 0.6) is 0 Å². The van der Waals surface area contributed by atoms with E-state index in [-0.39, 0.29) is 12.5 Å². The molecule has 0 saturated heterocycles. The third-order valence-electron chi connectivity index (χ3n) is 2.92. The summed E-state index contributed by atoms with van der Waals surface area (Å²) in [6.45, 7) is 5.59. The number of halogens is 1. The Bertz CT molecular complexity index is 600. The minimum Gasteiger partial charge on any atom is -0.444 e. The first-order valence-corrected chi connectivity index (χ1v) is 5.94. The van der Waals surface area contributed by atoms with Gasteiger partial charge in [0.25, 0.3) is 5.91 Å². The van der Waals surface area contributed by atoms with E-state index >= 15 is 0 Å². The zero-order valence-corrected chi connectivity index (χ0v) is 11.1. The molecule has 0 aliphatic carbocycles. The SMILES string of the molecule is Cc1ccc(F)cc1C(=O)NCc1nc(C)c(C)o1. The minimum atomic E-state index is -0.432. The van der Waals surface area contributed by atoms with Crippen molar-refractivity contribution < 1.29 is 13.6 Å². The van der Waals surface area contributed by atoms with Gasteiger partial charge in [0, 0.05) is 5.56 Å². The first-order valence-electron chi connectivity index (χ1n) is 5.94. The van der Waals surface area contributed by atoms with Crippen molar-refractivity contribution >= 4 is 5.91 Å². The van der Waals surface area contributed by atoms with Crippen LogP contribution < -0.4 is 5.32 Å². The van der Waals surface area contributed by atoms with Gasteiger partial charge in [-0.1, -0.05) is 6.07 Å². The number of carbonyl (C=O) groups excluding carboxylic acids is 1. The van der Waals surface area contributed by atoms with Gasteiger partial charge in [-0.05, 0) is 38.5 Å². The van der Waals surface area contributed by atoms with Gasteiger partial charge in [-0.3, -0.25) is 4.79 Å². The number of amides is 1. The standard InChI is InChI=1S/C14H15FN2O2/c1-8-4-5-11(15)6-12(8)14(18)16-7-13-17-9(2)10(3)19-13/h4-6H,7H2,1-3H3,(H,16,18). The lowest BCUT2D eigenvalue weighted by atomic mass is 10.1. The van der Waals surface area contributed by atoms with Crippen LogP contribution in [0, 0.1) is 26.6 Å². The van der Waals surface area contributed by atoms with E-state index in [9.17, 15) is 9.18 Å². The first kappa shape index (κ1) is 13.3. The van der Waals surface area contributed by atoms with Gasteiger partial charge < -0.3 is 9.73 Å². The molecule has 100 valence electrons. The Morgan fingerprint density at radius 1 is 1.37 bits per heavy atom. The van der Waals surface area contributed by atoms with E-state index in [1.165, 1.54) is 12.1 Å². The van der Waals surface area contributed by atoms with Gasteiger partial charge in [-0.15, -0.1) is 0 Å². The Kier molecular flexibility index (Phi) is 3.64. The molecular formula is C14H15FN2O2. The van der Waals surface area contributed by atoms with Crippen LogP contribution in [0.1, 0.15) is 33.3 Å². The Hall–Kier alpha value is -2.17. The van der Waals surface area contributed by atoms with Crippen molar-refractivity contribution in [3.05, 3.63) is 52.5 Å². The smallest absolute Gasteiger partial charge is 0.252 e. The van der Waals surface area contributed by atoms with Crippen molar-refractivity contribution in [1.29, 1.82) is 0 Å². The molecular weight excluding hydrogens is 247 g/mol. The molecule has 4 nitrogen and oxygen atoms in total. The van der Waals surface area contributed by atoms with Crippen molar-refractivity contribution in [3.8, 4) is 0 Å². The molecule has 1 amide bonds. The van der Waals surface area contributed by atoms with E-state index < -0.39 is 5.82 Å². The Balaban J connectivity index is 2.07. The van der Waals surface area contributed by atoms with Crippen molar-refractivity contribution in [1.82, 2.24) is 10.3 Å². The number of nitrogens with zero attached hydrogens (tertiary/aromatic N) is 1. The van der Waals surface area contributed by atoms with Gasteiger partial charge in [-0.2, -0.15) is 0 Å². The zero-order valence-electron chi connectivity index (χ0n) is 11.1. The molecule has 0 bridgehead atoms. The number of rotatable bonds is 3. The molecule has 0 unspecified atom stereocenters. The molecule has 0 aliphatic rings. The first-order chi connectivity index (χ1) is 8.97. The number of benzene rings is 1. The van der Waals surface area contributed by atoms with E-state index in [4.69, 9.17) is 4.42 Å². The average molecular weight is 262 g/mol. The van der Waals surface area contributed by atoms with Crippen molar-refractivity contribution in [2.45, 2.75) is 27.3 Å². The van der Waals surface area contributed by atoms with Crippen LogP contribution in [0.2, 0.25) is 0 Å². The second-order valence-electron chi connectivity index (χ2n) is 4.39. The molecule has 0 spiro atoms. The molecule has 1 heterocycles. The van der Waals surface area contributed by atoms with Gasteiger partial charge in [-0.25, -0.2) is 9.37 Å². The van der Waals surface area contributed by atoms with Crippen LogP contribution in [0.15, 0.2) is 22.6 Å². The molecule has 1 aromatic heterocycles. The van der Waals surface area contributed by atoms with E-state index in [1.807, 2.05) is 13.8 Å². The third kappa shape index (κ3) is 2.99. The molecule has 5 heteroatoms. The number of aromatic nitrogens is 1. The maximum Gasteiger partial charge on any atom is 0.252 e. The predicted octanol–water partition coefficient (Wildman–Crippen LogP) is 2.67.